The highest BCUT2D eigenvalue weighted by Crippen LogP contribution is 2.28. The molecule has 0 radical (unpaired) electrons. The molecule has 0 aliphatic heterocycles. The Hall–Kier alpha value is -1.29. The Morgan fingerprint density at radius 2 is 2.35 bits per heavy atom. The van der Waals surface area contributed by atoms with Crippen LogP contribution in [0, 0.1) is 0 Å². The first kappa shape index (κ1) is 13.8. The molecule has 1 rings (SSSR count). The molecule has 1 N–H and O–H groups in total. The maximum atomic E-state index is 11.6. The molecule has 0 bridgehead atoms. The molecule has 0 aliphatic rings. The summed E-state index contributed by atoms with van der Waals surface area (Å²) >= 11 is 3.37. The summed E-state index contributed by atoms with van der Waals surface area (Å²) in [4.78, 5) is 11.6. The summed E-state index contributed by atoms with van der Waals surface area (Å²) in [6, 6.07) is 5.54. The van der Waals surface area contributed by atoms with Crippen LogP contribution in [0.15, 0.2) is 35.3 Å². The van der Waals surface area contributed by atoms with Gasteiger partial charge in [0.25, 0.3) is 0 Å². The van der Waals surface area contributed by atoms with E-state index in [-0.39, 0.29) is 5.91 Å². The van der Waals surface area contributed by atoms with Gasteiger partial charge in [0.05, 0.1) is 12.3 Å². The molecule has 17 heavy (non-hydrogen) atoms. The van der Waals surface area contributed by atoms with E-state index in [9.17, 15) is 4.79 Å². The minimum absolute atomic E-state index is 0.0380. The topological polar surface area (TPSA) is 38.3 Å². The van der Waals surface area contributed by atoms with Gasteiger partial charge < -0.3 is 10.1 Å². The number of allylic oxidation sites excluding steroid dienone is 1. The lowest BCUT2D eigenvalue weighted by Crippen LogP contribution is -2.12. The molecule has 0 fully saturated rings. The molecule has 0 unspecified atom stereocenters. The lowest BCUT2D eigenvalue weighted by molar-refractivity contribution is -0.116. The van der Waals surface area contributed by atoms with Gasteiger partial charge in [0, 0.05) is 10.9 Å². The summed E-state index contributed by atoms with van der Waals surface area (Å²) < 4.78 is 6.34. The standard InChI is InChI=1S/C13H16BrNO2/c1-3-5-6-13(16)15-11-9-10(14)7-8-12(11)17-4-2/h3,7-9H,1,4-6H2,2H3,(H,15,16). The van der Waals surface area contributed by atoms with Crippen molar-refractivity contribution in [1.82, 2.24) is 0 Å². The number of ether oxygens (including phenoxy) is 1. The average Bonchev–Trinajstić information content (AvgIpc) is 2.30. The third kappa shape index (κ3) is 4.61. The number of amides is 1. The predicted octanol–water partition coefficient (Wildman–Crippen LogP) is 3.75. The van der Waals surface area contributed by atoms with Gasteiger partial charge >= 0.3 is 0 Å². The lowest BCUT2D eigenvalue weighted by atomic mass is 10.2. The number of carbonyl (C=O) groups is 1. The number of benzene rings is 1. The molecule has 3 nitrogen and oxygen atoms in total. The smallest absolute Gasteiger partial charge is 0.224 e. The number of hydrogen-bond acceptors (Lipinski definition) is 2. The average molecular weight is 298 g/mol. The van der Waals surface area contributed by atoms with Crippen LogP contribution in [0.5, 0.6) is 5.75 Å². The van der Waals surface area contributed by atoms with Gasteiger partial charge in [0.1, 0.15) is 5.75 Å². The Morgan fingerprint density at radius 1 is 1.59 bits per heavy atom. The Labute approximate surface area is 110 Å². The molecule has 0 atom stereocenters. The first-order chi connectivity index (χ1) is 8.17. The van der Waals surface area contributed by atoms with Crippen LogP contribution in [0.1, 0.15) is 19.8 Å². The number of rotatable bonds is 6. The van der Waals surface area contributed by atoms with Gasteiger partial charge in [-0.15, -0.1) is 6.58 Å². The van der Waals surface area contributed by atoms with Crippen LogP contribution in [-0.2, 0) is 4.79 Å². The molecule has 0 saturated carbocycles. The lowest BCUT2D eigenvalue weighted by Gasteiger charge is -2.11. The van der Waals surface area contributed by atoms with Crippen molar-refractivity contribution >= 4 is 27.5 Å². The summed E-state index contributed by atoms with van der Waals surface area (Å²) in [7, 11) is 0. The molecule has 1 aromatic carbocycles. The Balaban J connectivity index is 2.76. The van der Waals surface area contributed by atoms with Gasteiger partial charge in [0.15, 0.2) is 0 Å². The molecule has 0 saturated heterocycles. The highest BCUT2D eigenvalue weighted by molar-refractivity contribution is 9.10. The van der Waals surface area contributed by atoms with Gasteiger partial charge in [-0.05, 0) is 31.5 Å². The number of halogens is 1. The van der Waals surface area contributed by atoms with E-state index in [2.05, 4.69) is 27.8 Å². The molecule has 0 heterocycles. The SMILES string of the molecule is C=CCCC(=O)Nc1cc(Br)ccc1OCC. The van der Waals surface area contributed by atoms with Crippen LogP contribution in [0.4, 0.5) is 5.69 Å². The second-order valence-corrected chi connectivity index (χ2v) is 4.36. The van der Waals surface area contributed by atoms with Gasteiger partial charge in [0.2, 0.25) is 5.91 Å². The van der Waals surface area contributed by atoms with E-state index >= 15 is 0 Å². The monoisotopic (exact) mass is 297 g/mol. The van der Waals surface area contributed by atoms with Crippen molar-refractivity contribution in [2.45, 2.75) is 19.8 Å². The first-order valence-corrected chi connectivity index (χ1v) is 6.29. The van der Waals surface area contributed by atoms with Gasteiger partial charge in [-0.1, -0.05) is 22.0 Å². The highest BCUT2D eigenvalue weighted by atomic mass is 79.9. The van der Waals surface area contributed by atoms with E-state index in [1.807, 2.05) is 25.1 Å². The fourth-order valence-electron chi connectivity index (χ4n) is 1.33. The van der Waals surface area contributed by atoms with Crippen molar-refractivity contribution in [1.29, 1.82) is 0 Å². The maximum Gasteiger partial charge on any atom is 0.224 e. The second-order valence-electron chi connectivity index (χ2n) is 3.45. The zero-order valence-corrected chi connectivity index (χ0v) is 11.4. The van der Waals surface area contributed by atoms with Crippen molar-refractivity contribution in [2.75, 3.05) is 11.9 Å². The molecule has 0 spiro atoms. The normalized spacial score (nSPS) is 9.76. The maximum absolute atomic E-state index is 11.6. The minimum Gasteiger partial charge on any atom is -0.492 e. The summed E-state index contributed by atoms with van der Waals surface area (Å²) in [5.74, 6) is 0.645. The minimum atomic E-state index is -0.0380. The van der Waals surface area contributed by atoms with Crippen LogP contribution in [0.25, 0.3) is 0 Å². The van der Waals surface area contributed by atoms with Crippen molar-refractivity contribution in [2.24, 2.45) is 0 Å². The largest absolute Gasteiger partial charge is 0.492 e. The molecule has 4 heteroatoms. The van der Waals surface area contributed by atoms with Crippen molar-refractivity contribution < 1.29 is 9.53 Å². The molecule has 0 aromatic heterocycles. The molecular weight excluding hydrogens is 282 g/mol. The Kier molecular flexibility index (Phi) is 5.77. The van der Waals surface area contributed by atoms with Crippen molar-refractivity contribution in [3.8, 4) is 5.75 Å². The van der Waals surface area contributed by atoms with E-state index in [0.717, 1.165) is 4.47 Å². The van der Waals surface area contributed by atoms with Gasteiger partial charge in [-0.2, -0.15) is 0 Å². The Morgan fingerprint density at radius 3 is 3.00 bits per heavy atom. The number of hydrogen-bond donors (Lipinski definition) is 1. The quantitative estimate of drug-likeness (QED) is 0.812. The summed E-state index contributed by atoms with van der Waals surface area (Å²) in [5, 5.41) is 2.83. The van der Waals surface area contributed by atoms with E-state index in [1.165, 1.54) is 0 Å². The fourth-order valence-corrected chi connectivity index (χ4v) is 1.69. The molecule has 0 aliphatic carbocycles. The second kappa shape index (κ2) is 7.12. The van der Waals surface area contributed by atoms with Crippen LogP contribution in [0.2, 0.25) is 0 Å². The van der Waals surface area contributed by atoms with E-state index in [4.69, 9.17) is 4.74 Å². The van der Waals surface area contributed by atoms with Crippen LogP contribution >= 0.6 is 15.9 Å². The number of anilines is 1. The van der Waals surface area contributed by atoms with E-state index in [0.29, 0.717) is 30.9 Å². The van der Waals surface area contributed by atoms with Crippen molar-refractivity contribution in [3.05, 3.63) is 35.3 Å². The third-order valence-corrected chi connectivity index (χ3v) is 2.58. The molecule has 92 valence electrons. The highest BCUT2D eigenvalue weighted by Gasteiger charge is 2.07. The number of carbonyl (C=O) groups excluding carboxylic acids is 1. The van der Waals surface area contributed by atoms with Crippen LogP contribution in [-0.4, -0.2) is 12.5 Å². The summed E-state index contributed by atoms with van der Waals surface area (Å²) in [5.41, 5.74) is 0.690. The van der Waals surface area contributed by atoms with Gasteiger partial charge in [-0.3, -0.25) is 4.79 Å². The van der Waals surface area contributed by atoms with Crippen molar-refractivity contribution in [3.63, 3.8) is 0 Å². The molecular formula is C13H16BrNO2. The summed E-state index contributed by atoms with van der Waals surface area (Å²) in [6.45, 7) is 6.06. The first-order valence-electron chi connectivity index (χ1n) is 5.50. The van der Waals surface area contributed by atoms with Gasteiger partial charge in [-0.25, -0.2) is 0 Å². The van der Waals surface area contributed by atoms with E-state index in [1.54, 1.807) is 6.08 Å². The molecule has 1 amide bonds. The van der Waals surface area contributed by atoms with Crippen LogP contribution in [0.3, 0.4) is 0 Å². The fraction of sp³-hybridized carbons (Fsp3) is 0.308. The predicted molar refractivity (Wildman–Crippen MR) is 73.4 cm³/mol. The Bertz CT molecular complexity index is 404. The number of nitrogens with one attached hydrogen (secondary N) is 1. The zero-order chi connectivity index (χ0) is 12.7. The molecule has 1 aromatic rings. The summed E-state index contributed by atoms with van der Waals surface area (Å²) in [6.07, 6.45) is 2.83. The van der Waals surface area contributed by atoms with E-state index < -0.39 is 0 Å². The zero-order valence-electron chi connectivity index (χ0n) is 9.83. The third-order valence-electron chi connectivity index (χ3n) is 2.09. The van der Waals surface area contributed by atoms with Crippen LogP contribution < -0.4 is 10.1 Å².